The lowest BCUT2D eigenvalue weighted by atomic mass is 10.3. The maximum absolute atomic E-state index is 12.2. The minimum atomic E-state index is -1.54. The molecular formula is C5H7F2. The van der Waals surface area contributed by atoms with Crippen molar-refractivity contribution in [3.63, 3.8) is 0 Å². The van der Waals surface area contributed by atoms with E-state index in [2.05, 4.69) is 0 Å². The Labute approximate surface area is 41.5 Å². The van der Waals surface area contributed by atoms with Gasteiger partial charge < -0.3 is 0 Å². The van der Waals surface area contributed by atoms with E-state index in [9.17, 15) is 8.78 Å². The van der Waals surface area contributed by atoms with Gasteiger partial charge in [-0.1, -0.05) is 6.92 Å². The third-order valence-corrected chi connectivity index (χ3v) is 1.33. The third kappa shape index (κ3) is 0.621. The molecular weight excluding hydrogens is 98.1 g/mol. The highest BCUT2D eigenvalue weighted by atomic mass is 19.2. The maximum Gasteiger partial charge on any atom is 0.147 e. The Hall–Kier alpha value is -0.140. The molecule has 0 heterocycles. The van der Waals surface area contributed by atoms with Gasteiger partial charge in [-0.25, -0.2) is 8.78 Å². The smallest absolute Gasteiger partial charge is 0.147 e. The first kappa shape index (κ1) is 5.01. The van der Waals surface area contributed by atoms with Gasteiger partial charge in [-0.05, 0) is 6.42 Å². The Kier molecular flexibility index (Phi) is 0.839. The van der Waals surface area contributed by atoms with E-state index < -0.39 is 11.8 Å². The molecule has 2 atom stereocenters. The van der Waals surface area contributed by atoms with E-state index in [1.807, 2.05) is 0 Å². The number of halogens is 2. The van der Waals surface area contributed by atoms with E-state index in [0.717, 1.165) is 0 Å². The Balaban J connectivity index is 2.36. The molecule has 2 unspecified atom stereocenters. The normalized spacial score (nSPS) is 49.3. The van der Waals surface area contributed by atoms with Gasteiger partial charge in [-0.15, -0.1) is 0 Å². The molecule has 0 aromatic rings. The van der Waals surface area contributed by atoms with Crippen LogP contribution < -0.4 is 0 Å². The molecule has 0 spiro atoms. The molecule has 0 nitrogen and oxygen atoms in total. The third-order valence-electron chi connectivity index (χ3n) is 1.33. The summed E-state index contributed by atoms with van der Waals surface area (Å²) < 4.78 is 23.9. The van der Waals surface area contributed by atoms with Crippen LogP contribution in [0.5, 0.6) is 0 Å². The summed E-state index contributed by atoms with van der Waals surface area (Å²) in [4.78, 5) is 0. The molecule has 2 heteroatoms. The van der Waals surface area contributed by atoms with Gasteiger partial charge in [0, 0.05) is 6.42 Å². The first-order valence-electron chi connectivity index (χ1n) is 2.32. The van der Waals surface area contributed by atoms with E-state index >= 15 is 0 Å². The fourth-order valence-electron chi connectivity index (χ4n) is 0.514. The highest BCUT2D eigenvalue weighted by Crippen LogP contribution is 2.44. The van der Waals surface area contributed by atoms with Gasteiger partial charge in [0.1, 0.15) is 11.8 Å². The van der Waals surface area contributed by atoms with Crippen molar-refractivity contribution in [1.82, 2.24) is 0 Å². The van der Waals surface area contributed by atoms with Crippen LogP contribution in [0.1, 0.15) is 13.3 Å². The van der Waals surface area contributed by atoms with Crippen LogP contribution in [-0.2, 0) is 0 Å². The number of rotatable bonds is 1. The van der Waals surface area contributed by atoms with Gasteiger partial charge in [0.15, 0.2) is 0 Å². The van der Waals surface area contributed by atoms with E-state index in [4.69, 9.17) is 0 Å². The summed E-state index contributed by atoms with van der Waals surface area (Å²) in [6, 6.07) is 0. The zero-order valence-electron chi connectivity index (χ0n) is 4.12. The zero-order chi connectivity index (χ0) is 5.49. The monoisotopic (exact) mass is 105 g/mol. The Morgan fingerprint density at radius 2 is 2.29 bits per heavy atom. The second-order valence-corrected chi connectivity index (χ2v) is 1.89. The van der Waals surface area contributed by atoms with Crippen LogP contribution in [0.25, 0.3) is 0 Å². The first-order valence-corrected chi connectivity index (χ1v) is 2.32. The first-order chi connectivity index (χ1) is 3.19. The van der Waals surface area contributed by atoms with Gasteiger partial charge >= 0.3 is 0 Å². The minimum Gasteiger partial charge on any atom is -0.244 e. The zero-order valence-corrected chi connectivity index (χ0v) is 4.12. The average molecular weight is 105 g/mol. The summed E-state index contributed by atoms with van der Waals surface area (Å²) in [5.41, 5.74) is -1.54. The van der Waals surface area contributed by atoms with Gasteiger partial charge in [0.2, 0.25) is 0 Å². The second-order valence-electron chi connectivity index (χ2n) is 1.89. The van der Waals surface area contributed by atoms with Crippen molar-refractivity contribution in [1.29, 1.82) is 0 Å². The number of hydrogen-bond acceptors (Lipinski definition) is 0. The van der Waals surface area contributed by atoms with Gasteiger partial charge in [-0.2, -0.15) is 0 Å². The van der Waals surface area contributed by atoms with Crippen molar-refractivity contribution in [3.8, 4) is 0 Å². The van der Waals surface area contributed by atoms with Gasteiger partial charge in [-0.3, -0.25) is 0 Å². The van der Waals surface area contributed by atoms with Crippen LogP contribution in [0.15, 0.2) is 0 Å². The topological polar surface area (TPSA) is 0 Å². The Bertz CT molecular complexity index is 78.1. The predicted octanol–water partition coefficient (Wildman–Crippen LogP) is 1.66. The standard InChI is InChI=1S/C5H7F2/c1-2-5(7)3-4(5)6/h2,4H,3H2,1H3. The van der Waals surface area contributed by atoms with Crippen molar-refractivity contribution < 1.29 is 8.78 Å². The fraction of sp³-hybridized carbons (Fsp3) is 0.800. The van der Waals surface area contributed by atoms with Crippen LogP contribution in [0.2, 0.25) is 0 Å². The Morgan fingerprint density at radius 1 is 1.86 bits per heavy atom. The van der Waals surface area contributed by atoms with Crippen molar-refractivity contribution in [2.45, 2.75) is 25.2 Å². The molecule has 1 radical (unpaired) electrons. The van der Waals surface area contributed by atoms with Crippen LogP contribution in [0.3, 0.4) is 0 Å². The maximum atomic E-state index is 12.2. The van der Waals surface area contributed by atoms with Crippen LogP contribution in [0.4, 0.5) is 8.78 Å². The van der Waals surface area contributed by atoms with Gasteiger partial charge in [0.05, 0.1) is 0 Å². The van der Waals surface area contributed by atoms with E-state index in [0.29, 0.717) is 0 Å². The van der Waals surface area contributed by atoms with Crippen molar-refractivity contribution in [2.24, 2.45) is 0 Å². The van der Waals surface area contributed by atoms with E-state index in [1.54, 1.807) is 6.92 Å². The molecule has 1 fully saturated rings. The summed E-state index contributed by atoms with van der Waals surface area (Å²) in [7, 11) is 0. The average Bonchev–Trinajstić information content (AvgIpc) is 2.18. The molecule has 0 amide bonds. The fourth-order valence-corrected chi connectivity index (χ4v) is 0.514. The van der Waals surface area contributed by atoms with Crippen LogP contribution >= 0.6 is 0 Å². The molecule has 1 saturated carbocycles. The lowest BCUT2D eigenvalue weighted by Gasteiger charge is -1.93. The lowest BCUT2D eigenvalue weighted by molar-refractivity contribution is 0.284. The molecule has 0 aromatic heterocycles. The molecule has 1 aliphatic carbocycles. The van der Waals surface area contributed by atoms with Gasteiger partial charge in [0.25, 0.3) is 0 Å². The van der Waals surface area contributed by atoms with Crippen LogP contribution in [0, 0.1) is 6.42 Å². The summed E-state index contributed by atoms with van der Waals surface area (Å²) in [5.74, 6) is 0. The van der Waals surface area contributed by atoms with Crippen molar-refractivity contribution >= 4 is 0 Å². The van der Waals surface area contributed by atoms with E-state index in [-0.39, 0.29) is 6.42 Å². The summed E-state index contributed by atoms with van der Waals surface area (Å²) >= 11 is 0. The summed E-state index contributed by atoms with van der Waals surface area (Å²) in [6.07, 6.45) is 0.138. The van der Waals surface area contributed by atoms with Crippen LogP contribution in [-0.4, -0.2) is 11.8 Å². The lowest BCUT2D eigenvalue weighted by Crippen LogP contribution is -2.01. The molecule has 41 valence electrons. The largest absolute Gasteiger partial charge is 0.244 e. The summed E-state index contributed by atoms with van der Waals surface area (Å²) in [5, 5.41) is 0. The van der Waals surface area contributed by atoms with Crippen molar-refractivity contribution in [2.75, 3.05) is 0 Å². The SMILES string of the molecule is C[CH]C1(F)CC1F. The Morgan fingerprint density at radius 3 is 2.29 bits per heavy atom. The molecule has 0 aliphatic heterocycles. The number of alkyl halides is 2. The highest BCUT2D eigenvalue weighted by Gasteiger charge is 2.55. The minimum absolute atomic E-state index is 0.0729. The quantitative estimate of drug-likeness (QED) is 0.475. The van der Waals surface area contributed by atoms with E-state index in [1.165, 1.54) is 6.42 Å². The summed E-state index contributed by atoms with van der Waals surface area (Å²) in [6.45, 7) is 1.54. The number of hydrogen-bond donors (Lipinski definition) is 0. The molecule has 0 aromatic carbocycles. The molecule has 7 heavy (non-hydrogen) atoms. The molecule has 0 saturated heterocycles. The molecule has 0 N–H and O–H groups in total. The second kappa shape index (κ2) is 1.17. The highest BCUT2D eigenvalue weighted by molar-refractivity contribution is 5.12. The molecule has 1 aliphatic rings. The van der Waals surface area contributed by atoms with Crippen molar-refractivity contribution in [3.05, 3.63) is 6.42 Å². The molecule has 1 rings (SSSR count). The predicted molar refractivity (Wildman–Crippen MR) is 23.3 cm³/mol. The molecule has 0 bridgehead atoms.